The molecule has 0 heterocycles. The van der Waals surface area contributed by atoms with Gasteiger partial charge in [0.05, 0.1) is 25.5 Å². The van der Waals surface area contributed by atoms with Crippen molar-refractivity contribution in [2.24, 2.45) is 0 Å². The van der Waals surface area contributed by atoms with Crippen molar-refractivity contribution in [3.8, 4) is 5.75 Å². The smallest absolute Gasteiger partial charge is 0.145 e. The number of ether oxygens (including phenoxy) is 3. The van der Waals surface area contributed by atoms with Crippen molar-refractivity contribution >= 4 is 5.69 Å². The van der Waals surface area contributed by atoms with E-state index in [-0.39, 0.29) is 0 Å². The molecule has 0 aliphatic carbocycles. The number of hydrogen-bond donors (Lipinski definition) is 1. The molecule has 18 heavy (non-hydrogen) atoms. The molecule has 0 aromatic heterocycles. The molecule has 4 nitrogen and oxygen atoms in total. The molecule has 0 aliphatic heterocycles. The van der Waals surface area contributed by atoms with Crippen LogP contribution in [-0.4, -0.2) is 33.5 Å². The van der Waals surface area contributed by atoms with Gasteiger partial charge in [0.25, 0.3) is 0 Å². The Hall–Kier alpha value is -1.26. The first-order chi connectivity index (χ1) is 8.65. The van der Waals surface area contributed by atoms with E-state index in [4.69, 9.17) is 19.9 Å². The number of anilines is 1. The average molecular weight is 253 g/mol. The summed E-state index contributed by atoms with van der Waals surface area (Å²) in [6, 6.07) is 4.00. The van der Waals surface area contributed by atoms with Crippen molar-refractivity contribution in [3.05, 3.63) is 23.3 Å². The monoisotopic (exact) mass is 253 g/mol. The molecule has 0 atom stereocenters. The van der Waals surface area contributed by atoms with Crippen molar-refractivity contribution in [2.75, 3.05) is 39.3 Å². The number of methoxy groups -OCH3 is 1. The van der Waals surface area contributed by atoms with Crippen LogP contribution in [0.4, 0.5) is 5.69 Å². The largest absolute Gasteiger partial charge is 0.491 e. The highest BCUT2D eigenvalue weighted by Crippen LogP contribution is 2.27. The predicted octanol–water partition coefficient (Wildman–Crippen LogP) is 2.32. The van der Waals surface area contributed by atoms with E-state index in [2.05, 4.69) is 6.07 Å². The van der Waals surface area contributed by atoms with E-state index in [1.165, 1.54) is 0 Å². The van der Waals surface area contributed by atoms with Crippen molar-refractivity contribution in [2.45, 2.75) is 20.3 Å². The normalized spacial score (nSPS) is 10.6. The molecule has 0 saturated carbocycles. The van der Waals surface area contributed by atoms with Gasteiger partial charge in [-0.15, -0.1) is 0 Å². The van der Waals surface area contributed by atoms with Crippen molar-refractivity contribution in [1.82, 2.24) is 0 Å². The lowest BCUT2D eigenvalue weighted by Crippen LogP contribution is -2.08. The fourth-order valence-corrected chi connectivity index (χ4v) is 1.76. The maximum atomic E-state index is 5.93. The summed E-state index contributed by atoms with van der Waals surface area (Å²) in [6.07, 6.45) is 0.844. The van der Waals surface area contributed by atoms with Gasteiger partial charge in [-0.1, -0.05) is 6.07 Å². The van der Waals surface area contributed by atoms with Crippen LogP contribution in [0.3, 0.4) is 0 Å². The van der Waals surface area contributed by atoms with E-state index in [0.717, 1.165) is 23.3 Å². The summed E-state index contributed by atoms with van der Waals surface area (Å²) in [6.45, 7) is 6.58. The number of nitrogens with two attached hydrogens (primary N) is 1. The number of hydrogen-bond acceptors (Lipinski definition) is 4. The van der Waals surface area contributed by atoms with Gasteiger partial charge in [-0.2, -0.15) is 0 Å². The first kappa shape index (κ1) is 14.8. The Balaban J connectivity index is 2.27. The lowest BCUT2D eigenvalue weighted by Gasteiger charge is -2.12. The number of nitrogen functional groups attached to an aromatic ring is 1. The molecule has 0 radical (unpaired) electrons. The Morgan fingerprint density at radius 2 is 1.83 bits per heavy atom. The van der Waals surface area contributed by atoms with Crippen LogP contribution < -0.4 is 10.5 Å². The first-order valence-electron chi connectivity index (χ1n) is 6.21. The number of rotatable bonds is 8. The van der Waals surface area contributed by atoms with Crippen LogP contribution in [0.15, 0.2) is 12.1 Å². The third-order valence-electron chi connectivity index (χ3n) is 2.56. The second kappa shape index (κ2) is 7.95. The second-order valence-corrected chi connectivity index (χ2v) is 4.31. The molecule has 0 spiro atoms. The zero-order chi connectivity index (χ0) is 13.4. The Bertz CT molecular complexity index is 343. The van der Waals surface area contributed by atoms with Crippen LogP contribution in [0.5, 0.6) is 5.75 Å². The predicted molar refractivity (Wildman–Crippen MR) is 73.1 cm³/mol. The molecule has 0 saturated heterocycles. The quantitative estimate of drug-likeness (QED) is 0.570. The van der Waals surface area contributed by atoms with E-state index in [1.807, 2.05) is 19.9 Å². The highest BCUT2D eigenvalue weighted by molar-refractivity contribution is 5.58. The zero-order valence-electron chi connectivity index (χ0n) is 11.5. The summed E-state index contributed by atoms with van der Waals surface area (Å²) in [5.74, 6) is 0.789. The minimum Gasteiger partial charge on any atom is -0.491 e. The van der Waals surface area contributed by atoms with Gasteiger partial charge in [0.1, 0.15) is 5.75 Å². The minimum atomic E-state index is 0.612. The summed E-state index contributed by atoms with van der Waals surface area (Å²) >= 11 is 0. The fraction of sp³-hybridized carbons (Fsp3) is 0.571. The van der Waals surface area contributed by atoms with Crippen molar-refractivity contribution in [3.63, 3.8) is 0 Å². The SMILES string of the molecule is COCCOCCCOc1c(C)cc(C)cc1N. The van der Waals surface area contributed by atoms with Gasteiger partial charge in [-0.05, 0) is 31.0 Å². The highest BCUT2D eigenvalue weighted by atomic mass is 16.5. The molecule has 102 valence electrons. The van der Waals surface area contributed by atoms with Crippen molar-refractivity contribution < 1.29 is 14.2 Å². The van der Waals surface area contributed by atoms with Crippen molar-refractivity contribution in [1.29, 1.82) is 0 Å². The van der Waals surface area contributed by atoms with Crippen LogP contribution in [0, 0.1) is 13.8 Å². The van der Waals surface area contributed by atoms with E-state index < -0.39 is 0 Å². The van der Waals surface area contributed by atoms with Gasteiger partial charge >= 0.3 is 0 Å². The molecule has 0 aliphatic rings. The van der Waals surface area contributed by atoms with E-state index in [0.29, 0.717) is 32.1 Å². The summed E-state index contributed by atoms with van der Waals surface area (Å²) in [7, 11) is 1.66. The van der Waals surface area contributed by atoms with E-state index >= 15 is 0 Å². The molecule has 0 bridgehead atoms. The van der Waals surface area contributed by atoms with Crippen LogP contribution >= 0.6 is 0 Å². The third-order valence-corrected chi connectivity index (χ3v) is 2.56. The third kappa shape index (κ3) is 4.94. The first-order valence-corrected chi connectivity index (χ1v) is 6.21. The zero-order valence-corrected chi connectivity index (χ0v) is 11.5. The van der Waals surface area contributed by atoms with E-state index in [9.17, 15) is 0 Å². The van der Waals surface area contributed by atoms with Gasteiger partial charge in [0.15, 0.2) is 0 Å². The highest BCUT2D eigenvalue weighted by Gasteiger charge is 2.05. The lowest BCUT2D eigenvalue weighted by atomic mass is 10.1. The van der Waals surface area contributed by atoms with Crippen LogP contribution in [0.1, 0.15) is 17.5 Å². The molecule has 0 fully saturated rings. The van der Waals surface area contributed by atoms with E-state index in [1.54, 1.807) is 7.11 Å². The van der Waals surface area contributed by atoms with Crippen LogP contribution in [0.25, 0.3) is 0 Å². The molecule has 0 unspecified atom stereocenters. The average Bonchev–Trinajstić information content (AvgIpc) is 2.30. The molecule has 2 N–H and O–H groups in total. The van der Waals surface area contributed by atoms with Gasteiger partial charge in [0.2, 0.25) is 0 Å². The second-order valence-electron chi connectivity index (χ2n) is 4.31. The Morgan fingerprint density at radius 1 is 1.06 bits per heavy atom. The molecule has 1 rings (SSSR count). The topological polar surface area (TPSA) is 53.7 Å². The summed E-state index contributed by atoms with van der Waals surface area (Å²) in [5.41, 5.74) is 8.86. The standard InChI is InChI=1S/C14H23NO3/c1-11-9-12(2)14(13(15)10-11)18-6-4-5-17-8-7-16-3/h9-10H,4-8,15H2,1-3H3. The van der Waals surface area contributed by atoms with Crippen LogP contribution in [0.2, 0.25) is 0 Å². The number of aryl methyl sites for hydroxylation is 2. The fourth-order valence-electron chi connectivity index (χ4n) is 1.76. The van der Waals surface area contributed by atoms with Gasteiger partial charge in [-0.3, -0.25) is 0 Å². The summed E-state index contributed by atoms with van der Waals surface area (Å²) in [5, 5.41) is 0. The van der Waals surface area contributed by atoms with Crippen LogP contribution in [-0.2, 0) is 9.47 Å². The number of benzene rings is 1. The molecule has 0 amide bonds. The molecule has 1 aromatic carbocycles. The summed E-state index contributed by atoms with van der Waals surface area (Å²) in [4.78, 5) is 0. The maximum absolute atomic E-state index is 5.93. The maximum Gasteiger partial charge on any atom is 0.145 e. The van der Waals surface area contributed by atoms with Gasteiger partial charge in [-0.25, -0.2) is 0 Å². The Morgan fingerprint density at radius 3 is 2.50 bits per heavy atom. The Kier molecular flexibility index (Phi) is 6.54. The van der Waals surface area contributed by atoms with Gasteiger partial charge < -0.3 is 19.9 Å². The minimum absolute atomic E-state index is 0.612. The molecule has 4 heteroatoms. The summed E-state index contributed by atoms with van der Waals surface area (Å²) < 4.78 is 15.9. The molecule has 1 aromatic rings. The molecular formula is C14H23NO3. The lowest BCUT2D eigenvalue weighted by molar-refractivity contribution is 0.0644. The molecular weight excluding hydrogens is 230 g/mol. The van der Waals surface area contributed by atoms with Gasteiger partial charge in [0, 0.05) is 20.1 Å². The Labute approximate surface area is 109 Å².